The molecule has 0 aromatic heterocycles. The predicted molar refractivity (Wildman–Crippen MR) is 155 cm³/mol. The summed E-state index contributed by atoms with van der Waals surface area (Å²) in [6.45, 7) is 0. The van der Waals surface area contributed by atoms with E-state index in [4.69, 9.17) is 0 Å². The van der Waals surface area contributed by atoms with Gasteiger partial charge in [-0.15, -0.1) is 0 Å². The van der Waals surface area contributed by atoms with Gasteiger partial charge in [-0.3, -0.25) is 4.79 Å². The van der Waals surface area contributed by atoms with Gasteiger partial charge in [-0.25, -0.2) is 0 Å². The molecule has 38 heavy (non-hydrogen) atoms. The van der Waals surface area contributed by atoms with Gasteiger partial charge in [-0.1, -0.05) is 152 Å². The third-order valence-electron chi connectivity index (χ3n) is 8.67. The Morgan fingerprint density at radius 3 is 1.42 bits per heavy atom. The molecule has 0 spiro atoms. The van der Waals surface area contributed by atoms with Gasteiger partial charge < -0.3 is 0 Å². The Hall–Kier alpha value is -4.49. The van der Waals surface area contributed by atoms with Crippen LogP contribution in [0.5, 0.6) is 0 Å². The van der Waals surface area contributed by atoms with E-state index in [1.165, 1.54) is 5.56 Å². The van der Waals surface area contributed by atoms with Crippen LogP contribution in [-0.4, -0.2) is 5.78 Å². The van der Waals surface area contributed by atoms with Crippen molar-refractivity contribution in [2.75, 3.05) is 0 Å². The molecule has 0 saturated heterocycles. The van der Waals surface area contributed by atoms with Crippen molar-refractivity contribution >= 4 is 16.9 Å². The largest absolute Gasteiger partial charge is 0.297 e. The molecule has 0 radical (unpaired) electrons. The SMILES string of the molecule is O=C1[C@@]2(c3ccccc3)C[C@H](c3ccccc3)[C@@]1(c1ccccc1)C(c1ccccc1)=C2c1ccccc1. The highest BCUT2D eigenvalue weighted by Crippen LogP contribution is 2.72. The molecule has 2 aliphatic rings. The Morgan fingerprint density at radius 1 is 0.474 bits per heavy atom. The molecular formula is C37H28O. The highest BCUT2D eigenvalue weighted by atomic mass is 16.1. The zero-order valence-electron chi connectivity index (χ0n) is 21.1. The van der Waals surface area contributed by atoms with Gasteiger partial charge in [0, 0.05) is 5.92 Å². The van der Waals surface area contributed by atoms with E-state index in [-0.39, 0.29) is 11.7 Å². The van der Waals surface area contributed by atoms with Crippen molar-refractivity contribution in [3.05, 3.63) is 179 Å². The number of allylic oxidation sites excluding steroid dienone is 2. The quantitative estimate of drug-likeness (QED) is 0.243. The van der Waals surface area contributed by atoms with E-state index in [0.29, 0.717) is 0 Å². The maximum Gasteiger partial charge on any atom is 0.163 e. The fraction of sp³-hybridized carbons (Fsp3) is 0.108. The van der Waals surface area contributed by atoms with Crippen LogP contribution in [-0.2, 0) is 15.6 Å². The minimum atomic E-state index is -0.815. The second-order valence-corrected chi connectivity index (χ2v) is 10.4. The zero-order valence-corrected chi connectivity index (χ0v) is 21.1. The number of benzene rings is 5. The Morgan fingerprint density at radius 2 is 0.895 bits per heavy atom. The summed E-state index contributed by atoms with van der Waals surface area (Å²) in [6, 6.07) is 52.8. The summed E-state index contributed by atoms with van der Waals surface area (Å²) < 4.78 is 0. The van der Waals surface area contributed by atoms with Gasteiger partial charge in [0.25, 0.3) is 0 Å². The first-order valence-corrected chi connectivity index (χ1v) is 13.3. The van der Waals surface area contributed by atoms with E-state index in [2.05, 4.69) is 140 Å². The van der Waals surface area contributed by atoms with Crippen LogP contribution in [0, 0.1) is 0 Å². The van der Waals surface area contributed by atoms with Crippen molar-refractivity contribution in [1.82, 2.24) is 0 Å². The summed E-state index contributed by atoms with van der Waals surface area (Å²) in [5.74, 6) is 0.287. The maximum atomic E-state index is 15.5. The summed E-state index contributed by atoms with van der Waals surface area (Å²) in [5, 5.41) is 0. The van der Waals surface area contributed by atoms with Crippen molar-refractivity contribution < 1.29 is 4.79 Å². The molecule has 1 saturated carbocycles. The van der Waals surface area contributed by atoms with Gasteiger partial charge in [0.1, 0.15) is 0 Å². The van der Waals surface area contributed by atoms with Crippen LogP contribution in [0.15, 0.2) is 152 Å². The van der Waals surface area contributed by atoms with E-state index in [1.807, 2.05) is 12.1 Å². The van der Waals surface area contributed by atoms with Crippen LogP contribution in [0.2, 0.25) is 0 Å². The molecule has 1 fully saturated rings. The lowest BCUT2D eigenvalue weighted by Crippen LogP contribution is -2.38. The molecular weight excluding hydrogens is 460 g/mol. The van der Waals surface area contributed by atoms with Crippen molar-refractivity contribution in [2.45, 2.75) is 23.2 Å². The average molecular weight is 489 g/mol. The maximum absolute atomic E-state index is 15.5. The number of ketones is 1. The number of carbonyl (C=O) groups is 1. The van der Waals surface area contributed by atoms with Crippen LogP contribution in [0.25, 0.3) is 11.1 Å². The number of hydrogen-bond donors (Lipinski definition) is 0. The molecule has 0 N–H and O–H groups in total. The van der Waals surface area contributed by atoms with Crippen LogP contribution in [0.1, 0.15) is 40.2 Å². The second kappa shape index (κ2) is 8.82. The lowest BCUT2D eigenvalue weighted by atomic mass is 9.61. The number of rotatable bonds is 5. The predicted octanol–water partition coefficient (Wildman–Crippen LogP) is 8.24. The fourth-order valence-electron chi connectivity index (χ4n) is 7.28. The van der Waals surface area contributed by atoms with Gasteiger partial charge in [0.05, 0.1) is 10.8 Å². The van der Waals surface area contributed by atoms with Gasteiger partial charge in [0.2, 0.25) is 0 Å². The molecule has 0 heterocycles. The molecule has 2 aliphatic carbocycles. The van der Waals surface area contributed by atoms with Crippen LogP contribution >= 0.6 is 0 Å². The van der Waals surface area contributed by atoms with Crippen molar-refractivity contribution in [1.29, 1.82) is 0 Å². The highest BCUT2D eigenvalue weighted by Gasteiger charge is 2.72. The van der Waals surface area contributed by atoms with E-state index < -0.39 is 10.8 Å². The molecule has 1 heteroatoms. The van der Waals surface area contributed by atoms with Gasteiger partial charge in [0.15, 0.2) is 5.78 Å². The minimum absolute atomic E-state index is 0.00137. The molecule has 0 amide bonds. The smallest absolute Gasteiger partial charge is 0.163 e. The van der Waals surface area contributed by atoms with Crippen molar-refractivity contribution in [2.24, 2.45) is 0 Å². The minimum Gasteiger partial charge on any atom is -0.297 e. The normalized spacial score (nSPS) is 24.1. The molecule has 0 unspecified atom stereocenters. The molecule has 1 nitrogen and oxygen atoms in total. The summed E-state index contributed by atoms with van der Waals surface area (Å²) in [5.41, 5.74) is 6.31. The van der Waals surface area contributed by atoms with Crippen molar-refractivity contribution in [3.8, 4) is 0 Å². The van der Waals surface area contributed by atoms with E-state index in [1.54, 1.807) is 0 Å². The van der Waals surface area contributed by atoms with Crippen LogP contribution < -0.4 is 0 Å². The third kappa shape index (κ3) is 3.02. The van der Waals surface area contributed by atoms with E-state index >= 15 is 4.79 Å². The summed E-state index contributed by atoms with van der Waals surface area (Å²) in [6.07, 6.45) is 0.731. The first kappa shape index (κ1) is 22.7. The summed E-state index contributed by atoms with van der Waals surface area (Å²) in [4.78, 5) is 15.5. The molecule has 5 aromatic rings. The second-order valence-electron chi connectivity index (χ2n) is 10.4. The number of fused-ring (bicyclic) bond motifs is 2. The molecule has 5 aromatic carbocycles. The lowest BCUT2D eigenvalue weighted by Gasteiger charge is -2.39. The van der Waals surface area contributed by atoms with E-state index in [0.717, 1.165) is 39.8 Å². The standard InChI is InChI=1S/C37H28O/c38-35-36(30-22-12-4-13-23-30)26-32(27-16-6-1-7-17-27)37(35,31-24-14-5-15-25-31)34(29-20-10-3-11-21-29)33(36)28-18-8-2-9-19-28/h1-25,32H,26H2/t32-,36-,37+/m1/s1. The average Bonchev–Trinajstić information content (AvgIpc) is 3.41. The Bertz CT molecular complexity index is 1620. The molecule has 7 rings (SSSR count). The fourth-order valence-corrected chi connectivity index (χ4v) is 7.28. The highest BCUT2D eigenvalue weighted by molar-refractivity contribution is 6.29. The van der Waals surface area contributed by atoms with Gasteiger partial charge >= 0.3 is 0 Å². The Balaban J connectivity index is 1.68. The molecule has 182 valence electrons. The lowest BCUT2D eigenvalue weighted by molar-refractivity contribution is -0.123. The number of carbonyl (C=O) groups excluding carboxylic acids is 1. The first-order valence-electron chi connectivity index (χ1n) is 13.3. The topological polar surface area (TPSA) is 17.1 Å². The van der Waals surface area contributed by atoms with E-state index in [9.17, 15) is 0 Å². The zero-order chi connectivity index (χ0) is 25.6. The molecule has 3 atom stereocenters. The van der Waals surface area contributed by atoms with Crippen LogP contribution in [0.4, 0.5) is 0 Å². The van der Waals surface area contributed by atoms with Gasteiger partial charge in [-0.2, -0.15) is 0 Å². The molecule has 0 aliphatic heterocycles. The Kier molecular flexibility index (Phi) is 5.26. The Labute approximate surface area is 224 Å². The molecule has 2 bridgehead atoms. The summed E-state index contributed by atoms with van der Waals surface area (Å²) >= 11 is 0. The monoisotopic (exact) mass is 488 g/mol. The van der Waals surface area contributed by atoms with Gasteiger partial charge in [-0.05, 0) is 45.4 Å². The summed E-state index contributed by atoms with van der Waals surface area (Å²) in [7, 11) is 0. The first-order chi connectivity index (χ1) is 18.8. The third-order valence-corrected chi connectivity index (χ3v) is 8.67. The van der Waals surface area contributed by atoms with Crippen molar-refractivity contribution in [3.63, 3.8) is 0 Å². The number of hydrogen-bond acceptors (Lipinski definition) is 1. The number of Topliss-reactive ketones (excluding diaryl/α,β-unsaturated/α-hetero) is 1. The van der Waals surface area contributed by atoms with Crippen LogP contribution in [0.3, 0.4) is 0 Å².